The predicted octanol–water partition coefficient (Wildman–Crippen LogP) is 1.57. The number of hydrogen-bond donors (Lipinski definition) is 2. The van der Waals surface area contributed by atoms with E-state index in [1.165, 1.54) is 0 Å². The fourth-order valence-corrected chi connectivity index (χ4v) is 1.81. The lowest BCUT2D eigenvalue weighted by Crippen LogP contribution is -2.37. The van der Waals surface area contributed by atoms with Crippen molar-refractivity contribution in [2.24, 2.45) is 4.99 Å². The minimum atomic E-state index is 0. The molecule has 0 atom stereocenters. The molecule has 0 saturated carbocycles. The second-order valence-corrected chi connectivity index (χ2v) is 4.21. The normalized spacial score (nSPS) is 10.5. The van der Waals surface area contributed by atoms with Gasteiger partial charge in [-0.3, -0.25) is 4.57 Å². The number of nitrogens with zero attached hydrogens (tertiary/aromatic N) is 4. The second-order valence-electron chi connectivity index (χ2n) is 4.21. The molecule has 2 rings (SSSR count). The van der Waals surface area contributed by atoms with Crippen LogP contribution in [0.1, 0.15) is 12.5 Å². The molecule has 0 aromatic carbocycles. The maximum absolute atomic E-state index is 5.25. The average Bonchev–Trinajstić information content (AvgIpc) is 3.04. The smallest absolute Gasteiger partial charge is 0.192 e. The third-order valence-electron chi connectivity index (χ3n) is 2.73. The van der Waals surface area contributed by atoms with E-state index in [2.05, 4.69) is 31.5 Å². The van der Waals surface area contributed by atoms with E-state index in [1.807, 2.05) is 29.8 Å². The van der Waals surface area contributed by atoms with Crippen LogP contribution in [0.15, 0.2) is 42.0 Å². The molecular weight excluding hydrogens is 391 g/mol. The van der Waals surface area contributed by atoms with Gasteiger partial charge in [0.2, 0.25) is 0 Å². The molecule has 0 spiro atoms. The lowest BCUT2D eigenvalue weighted by molar-refractivity contribution is 0.857. The monoisotopic (exact) mass is 410 g/mol. The van der Waals surface area contributed by atoms with Crippen molar-refractivity contribution >= 4 is 29.9 Å². The van der Waals surface area contributed by atoms with E-state index in [0.29, 0.717) is 19.0 Å². The zero-order valence-corrected chi connectivity index (χ0v) is 14.7. The maximum Gasteiger partial charge on any atom is 0.192 e. The van der Waals surface area contributed by atoms with Crippen molar-refractivity contribution in [1.82, 2.24) is 25.2 Å². The topological polar surface area (TPSA) is 67.1 Å². The number of pyridine rings is 1. The van der Waals surface area contributed by atoms with Crippen LogP contribution in [0, 0.1) is 12.3 Å². The molecule has 0 bridgehead atoms. The van der Waals surface area contributed by atoms with Crippen molar-refractivity contribution in [2.45, 2.75) is 13.5 Å². The summed E-state index contributed by atoms with van der Waals surface area (Å²) in [5.74, 6) is 4.05. The number of hydrogen-bond acceptors (Lipinski definition) is 3. The summed E-state index contributed by atoms with van der Waals surface area (Å²) in [6, 6.07) is 3.89. The zero-order chi connectivity index (χ0) is 14.9. The summed E-state index contributed by atoms with van der Waals surface area (Å²) in [6.07, 6.45) is 12.3. The molecule has 2 aromatic heterocycles. The molecule has 0 aliphatic heterocycles. The first kappa shape index (κ1) is 18.0. The Morgan fingerprint density at radius 1 is 1.41 bits per heavy atom. The molecule has 0 unspecified atom stereocenters. The molecule has 6 nitrogen and oxygen atoms in total. The molecule has 0 aliphatic carbocycles. The predicted molar refractivity (Wildman–Crippen MR) is 98.4 cm³/mol. The summed E-state index contributed by atoms with van der Waals surface area (Å²) in [4.78, 5) is 12.9. The van der Waals surface area contributed by atoms with Crippen LogP contribution in [0.2, 0.25) is 0 Å². The molecule has 0 radical (unpaired) electrons. The number of halogens is 1. The van der Waals surface area contributed by atoms with Crippen LogP contribution in [-0.2, 0) is 6.54 Å². The first-order valence-electron chi connectivity index (χ1n) is 6.73. The fourth-order valence-electron chi connectivity index (χ4n) is 1.81. The second kappa shape index (κ2) is 9.78. The molecule has 2 aromatic rings. The number of aromatic nitrogens is 3. The van der Waals surface area contributed by atoms with Crippen LogP contribution in [0.3, 0.4) is 0 Å². The molecule has 0 aliphatic rings. The number of terminal acetylenes is 1. The van der Waals surface area contributed by atoms with Crippen molar-refractivity contribution in [3.05, 3.63) is 42.6 Å². The summed E-state index contributed by atoms with van der Waals surface area (Å²) in [5.41, 5.74) is 1.01. The van der Waals surface area contributed by atoms with E-state index in [4.69, 9.17) is 6.42 Å². The Bertz CT molecular complexity index is 630. The van der Waals surface area contributed by atoms with E-state index in [1.54, 1.807) is 18.7 Å². The summed E-state index contributed by atoms with van der Waals surface area (Å²) in [6.45, 7) is 3.72. The summed E-state index contributed by atoms with van der Waals surface area (Å²) < 4.78 is 1.87. The van der Waals surface area contributed by atoms with Gasteiger partial charge in [0.05, 0.1) is 13.1 Å². The van der Waals surface area contributed by atoms with Crippen LogP contribution in [0.25, 0.3) is 5.82 Å². The summed E-state index contributed by atoms with van der Waals surface area (Å²) >= 11 is 0. The first-order valence-corrected chi connectivity index (χ1v) is 6.73. The molecule has 7 heteroatoms. The standard InChI is InChI=1S/C15H18N6.HI/c1-3-7-19-15(17-4-2)20-11-13-6-5-8-18-14(13)21-10-9-16-12-21;/h1,5-6,8-10,12H,4,7,11H2,2H3,(H2,17,19,20);1H. The van der Waals surface area contributed by atoms with Gasteiger partial charge in [0.25, 0.3) is 0 Å². The van der Waals surface area contributed by atoms with Gasteiger partial charge in [-0.05, 0) is 13.0 Å². The van der Waals surface area contributed by atoms with Crippen molar-refractivity contribution in [3.63, 3.8) is 0 Å². The number of guanidine groups is 1. The number of imidazole rings is 1. The molecular formula is C15H19IN6. The highest BCUT2D eigenvalue weighted by molar-refractivity contribution is 14.0. The summed E-state index contributed by atoms with van der Waals surface area (Å²) in [7, 11) is 0. The maximum atomic E-state index is 5.25. The fraction of sp³-hybridized carbons (Fsp3) is 0.267. The number of rotatable bonds is 5. The van der Waals surface area contributed by atoms with Crippen molar-refractivity contribution in [3.8, 4) is 18.2 Å². The SMILES string of the molecule is C#CCNC(=NCc1cccnc1-n1ccnc1)NCC.I. The van der Waals surface area contributed by atoms with Gasteiger partial charge in [-0.25, -0.2) is 15.0 Å². The quantitative estimate of drug-likeness (QED) is 0.340. The highest BCUT2D eigenvalue weighted by Gasteiger charge is 2.05. The van der Waals surface area contributed by atoms with Gasteiger partial charge in [0.15, 0.2) is 5.96 Å². The first-order chi connectivity index (χ1) is 10.3. The highest BCUT2D eigenvalue weighted by Crippen LogP contribution is 2.11. The number of aliphatic imine (C=N–C) groups is 1. The van der Waals surface area contributed by atoms with Gasteiger partial charge < -0.3 is 10.6 Å². The molecule has 0 fully saturated rings. The Morgan fingerprint density at radius 3 is 2.95 bits per heavy atom. The molecule has 116 valence electrons. The molecule has 0 amide bonds. The Morgan fingerprint density at radius 2 is 2.27 bits per heavy atom. The van der Waals surface area contributed by atoms with E-state index >= 15 is 0 Å². The third-order valence-corrected chi connectivity index (χ3v) is 2.73. The Kier molecular flexibility index (Phi) is 7.99. The number of nitrogens with one attached hydrogen (secondary N) is 2. The molecule has 22 heavy (non-hydrogen) atoms. The Hall–Kier alpha value is -2.08. The van der Waals surface area contributed by atoms with Crippen LogP contribution in [0.5, 0.6) is 0 Å². The third kappa shape index (κ3) is 5.04. The average molecular weight is 410 g/mol. The van der Waals surface area contributed by atoms with E-state index in [9.17, 15) is 0 Å². The molecule has 0 saturated heterocycles. The highest BCUT2D eigenvalue weighted by atomic mass is 127. The summed E-state index contributed by atoms with van der Waals surface area (Å²) in [5, 5.41) is 6.20. The van der Waals surface area contributed by atoms with Crippen LogP contribution in [0.4, 0.5) is 0 Å². The van der Waals surface area contributed by atoms with Gasteiger partial charge in [0, 0.05) is 30.7 Å². The van der Waals surface area contributed by atoms with Crippen molar-refractivity contribution < 1.29 is 0 Å². The Balaban J connectivity index is 0.00000242. The minimum absolute atomic E-state index is 0. The van der Waals surface area contributed by atoms with E-state index in [0.717, 1.165) is 17.9 Å². The van der Waals surface area contributed by atoms with E-state index < -0.39 is 0 Å². The zero-order valence-electron chi connectivity index (χ0n) is 12.4. The van der Waals surface area contributed by atoms with Crippen LogP contribution in [-0.4, -0.2) is 33.6 Å². The van der Waals surface area contributed by atoms with Crippen molar-refractivity contribution in [1.29, 1.82) is 0 Å². The molecule has 2 N–H and O–H groups in total. The lowest BCUT2D eigenvalue weighted by Gasteiger charge is -2.10. The van der Waals surface area contributed by atoms with Crippen LogP contribution < -0.4 is 10.6 Å². The van der Waals surface area contributed by atoms with Crippen LogP contribution >= 0.6 is 24.0 Å². The van der Waals surface area contributed by atoms with Gasteiger partial charge >= 0.3 is 0 Å². The molecule has 2 heterocycles. The van der Waals surface area contributed by atoms with Gasteiger partial charge in [-0.15, -0.1) is 30.4 Å². The van der Waals surface area contributed by atoms with Gasteiger partial charge in [0.1, 0.15) is 12.1 Å². The van der Waals surface area contributed by atoms with Crippen molar-refractivity contribution in [2.75, 3.05) is 13.1 Å². The lowest BCUT2D eigenvalue weighted by atomic mass is 10.2. The minimum Gasteiger partial charge on any atom is -0.357 e. The largest absolute Gasteiger partial charge is 0.357 e. The Labute approximate surface area is 147 Å². The van der Waals surface area contributed by atoms with Gasteiger partial charge in [-0.2, -0.15) is 0 Å². The van der Waals surface area contributed by atoms with E-state index in [-0.39, 0.29) is 24.0 Å². The van der Waals surface area contributed by atoms with Gasteiger partial charge in [-0.1, -0.05) is 12.0 Å².